The first kappa shape index (κ1) is 25.3. The molecule has 1 saturated carbocycles. The molecule has 0 saturated heterocycles. The Labute approximate surface area is 214 Å². The van der Waals surface area contributed by atoms with Crippen molar-refractivity contribution in [1.29, 1.82) is 0 Å². The summed E-state index contributed by atoms with van der Waals surface area (Å²) >= 11 is 0. The second-order valence-corrected chi connectivity index (χ2v) is 11.2. The summed E-state index contributed by atoms with van der Waals surface area (Å²) in [6.07, 6.45) is 9.34. The molecule has 1 aliphatic rings. The van der Waals surface area contributed by atoms with Gasteiger partial charge in [0.2, 0.25) is 0 Å². The number of ether oxygens (including phenoxy) is 2. The molecule has 3 aromatic heterocycles. The van der Waals surface area contributed by atoms with Gasteiger partial charge in [-0.05, 0) is 49.9 Å². The molecule has 37 heavy (non-hydrogen) atoms. The highest BCUT2D eigenvalue weighted by molar-refractivity contribution is 7.91. The van der Waals surface area contributed by atoms with Crippen LogP contribution in [-0.4, -0.2) is 65.5 Å². The van der Waals surface area contributed by atoms with Crippen LogP contribution in [0.5, 0.6) is 0 Å². The number of nitrogen functional groups attached to an aromatic ring is 1. The maximum absolute atomic E-state index is 13.3. The minimum Gasteiger partial charge on any atom is -0.382 e. The van der Waals surface area contributed by atoms with Crippen LogP contribution in [-0.2, 0) is 19.3 Å². The Bertz CT molecular complexity index is 1510. The molecule has 10 nitrogen and oxygen atoms in total. The van der Waals surface area contributed by atoms with Crippen molar-refractivity contribution in [2.24, 2.45) is 0 Å². The second kappa shape index (κ2) is 10.2. The van der Waals surface area contributed by atoms with Gasteiger partial charge in [0.05, 0.1) is 43.1 Å². The van der Waals surface area contributed by atoms with Crippen molar-refractivity contribution < 1.29 is 22.3 Å². The highest BCUT2D eigenvalue weighted by Crippen LogP contribution is 2.39. The van der Waals surface area contributed by atoms with Gasteiger partial charge < -0.3 is 15.2 Å². The number of anilines is 1. The lowest BCUT2D eigenvalue weighted by atomic mass is 9.85. The first-order chi connectivity index (χ1) is 17.8. The van der Waals surface area contributed by atoms with Crippen molar-refractivity contribution in [3.63, 3.8) is 0 Å². The van der Waals surface area contributed by atoms with Crippen molar-refractivity contribution in [1.82, 2.24) is 24.4 Å². The molecule has 2 N–H and O–H groups in total. The molecule has 12 heteroatoms. The number of benzene rings is 1. The van der Waals surface area contributed by atoms with E-state index in [0.29, 0.717) is 35.8 Å². The minimum atomic E-state index is -3.67. The molecule has 0 amide bonds. The van der Waals surface area contributed by atoms with Gasteiger partial charge in [-0.2, -0.15) is 14.7 Å². The summed E-state index contributed by atoms with van der Waals surface area (Å²) in [6, 6.07) is 5.99. The van der Waals surface area contributed by atoms with Crippen LogP contribution < -0.4 is 5.73 Å². The Hall–Kier alpha value is -3.35. The topological polar surface area (TPSA) is 127 Å². The predicted octanol–water partition coefficient (Wildman–Crippen LogP) is 3.40. The summed E-state index contributed by atoms with van der Waals surface area (Å²) in [6.45, 7) is 1.07. The van der Waals surface area contributed by atoms with E-state index in [1.807, 2.05) is 0 Å². The summed E-state index contributed by atoms with van der Waals surface area (Å²) < 4.78 is 52.9. The monoisotopic (exact) mass is 528 g/mol. The Morgan fingerprint density at radius 1 is 1.08 bits per heavy atom. The first-order valence-electron chi connectivity index (χ1n) is 12.0. The van der Waals surface area contributed by atoms with E-state index in [9.17, 15) is 12.8 Å². The summed E-state index contributed by atoms with van der Waals surface area (Å²) in [4.78, 5) is 4.88. The highest BCUT2D eigenvalue weighted by Gasteiger charge is 2.32. The zero-order valence-electron chi connectivity index (χ0n) is 20.7. The maximum atomic E-state index is 13.3. The largest absolute Gasteiger partial charge is 0.382 e. The summed E-state index contributed by atoms with van der Waals surface area (Å²) in [5.74, 6) is -0.370. The zero-order chi connectivity index (χ0) is 26.2. The fraction of sp³-hybridized carbons (Fsp3) is 0.400. The molecule has 0 spiro atoms. The van der Waals surface area contributed by atoms with Gasteiger partial charge in [-0.3, -0.25) is 0 Å². The van der Waals surface area contributed by atoms with Crippen molar-refractivity contribution in [2.75, 3.05) is 32.3 Å². The SMILES string of the molecule is COCCOC1CCC(c2nc3c(-c4cnn(-c5ccc(F)cc5)c4)cnn3c(N)c2S(C)(=O)=O)CC1. The van der Waals surface area contributed by atoms with Crippen LogP contribution in [0.2, 0.25) is 0 Å². The van der Waals surface area contributed by atoms with E-state index in [1.54, 1.807) is 42.5 Å². The van der Waals surface area contributed by atoms with Crippen LogP contribution in [0.3, 0.4) is 0 Å². The molecule has 3 heterocycles. The molecule has 0 aliphatic heterocycles. The van der Waals surface area contributed by atoms with Gasteiger partial charge in [0.1, 0.15) is 16.5 Å². The number of aromatic nitrogens is 5. The van der Waals surface area contributed by atoms with Crippen LogP contribution in [0.1, 0.15) is 37.3 Å². The Balaban J connectivity index is 1.52. The normalized spacial score (nSPS) is 18.5. The highest BCUT2D eigenvalue weighted by atomic mass is 32.2. The molecule has 1 aliphatic carbocycles. The Kier molecular flexibility index (Phi) is 6.97. The first-order valence-corrected chi connectivity index (χ1v) is 13.9. The average Bonchev–Trinajstić information content (AvgIpc) is 3.52. The average molecular weight is 529 g/mol. The van der Waals surface area contributed by atoms with Gasteiger partial charge in [-0.25, -0.2) is 22.5 Å². The standard InChI is InChI=1S/C25H29FN6O4S/c1-35-11-12-36-20-9-3-16(4-10-20)22-23(37(2,33)34)24(27)32-25(30-22)21(14-29-32)17-13-28-31(15-17)19-7-5-18(26)6-8-19/h5-8,13-16,20H,3-4,9-12,27H2,1-2H3. The molecule has 196 valence electrons. The minimum absolute atomic E-state index is 0.0282. The van der Waals surface area contributed by atoms with Crippen LogP contribution in [0.15, 0.2) is 47.8 Å². The van der Waals surface area contributed by atoms with E-state index in [0.717, 1.165) is 37.5 Å². The molecule has 4 aromatic rings. The van der Waals surface area contributed by atoms with Crippen LogP contribution in [0.25, 0.3) is 22.5 Å². The van der Waals surface area contributed by atoms with Crippen LogP contribution in [0.4, 0.5) is 10.2 Å². The molecule has 0 bridgehead atoms. The van der Waals surface area contributed by atoms with Crippen LogP contribution in [0, 0.1) is 5.82 Å². The van der Waals surface area contributed by atoms with Gasteiger partial charge in [-0.1, -0.05) is 0 Å². The second-order valence-electron chi connectivity index (χ2n) is 9.26. The fourth-order valence-corrected chi connectivity index (χ4v) is 5.93. The van der Waals surface area contributed by atoms with E-state index in [2.05, 4.69) is 10.2 Å². The van der Waals surface area contributed by atoms with Crippen molar-refractivity contribution >= 4 is 21.3 Å². The molecule has 0 radical (unpaired) electrons. The number of hydrogen-bond donors (Lipinski definition) is 1. The number of methoxy groups -OCH3 is 1. The zero-order valence-corrected chi connectivity index (χ0v) is 21.5. The number of nitrogens with zero attached hydrogens (tertiary/aromatic N) is 5. The van der Waals surface area contributed by atoms with E-state index in [4.69, 9.17) is 20.2 Å². The lowest BCUT2D eigenvalue weighted by Gasteiger charge is -2.29. The third-order valence-electron chi connectivity index (χ3n) is 6.72. The van der Waals surface area contributed by atoms with E-state index in [-0.39, 0.29) is 28.6 Å². The maximum Gasteiger partial charge on any atom is 0.180 e. The lowest BCUT2D eigenvalue weighted by molar-refractivity contribution is -0.00308. The van der Waals surface area contributed by atoms with Gasteiger partial charge in [0, 0.05) is 36.6 Å². The van der Waals surface area contributed by atoms with Crippen LogP contribution >= 0.6 is 0 Å². The fourth-order valence-electron chi connectivity index (χ4n) is 4.88. The number of halogens is 1. The molecular weight excluding hydrogens is 499 g/mol. The third kappa shape index (κ3) is 5.09. The lowest BCUT2D eigenvalue weighted by Crippen LogP contribution is -2.24. The molecule has 1 aromatic carbocycles. The number of nitrogens with two attached hydrogens (primary N) is 1. The van der Waals surface area contributed by atoms with E-state index >= 15 is 0 Å². The molecule has 0 atom stereocenters. The Morgan fingerprint density at radius 2 is 1.81 bits per heavy atom. The quantitative estimate of drug-likeness (QED) is 0.345. The van der Waals surface area contributed by atoms with Gasteiger partial charge in [0.15, 0.2) is 15.5 Å². The Morgan fingerprint density at radius 3 is 2.49 bits per heavy atom. The van der Waals surface area contributed by atoms with Gasteiger partial charge >= 0.3 is 0 Å². The van der Waals surface area contributed by atoms with Crippen molar-refractivity contribution in [3.05, 3.63) is 54.4 Å². The molecular formula is C25H29FN6O4S. The van der Waals surface area contributed by atoms with Crippen molar-refractivity contribution in [3.8, 4) is 16.8 Å². The van der Waals surface area contributed by atoms with E-state index in [1.165, 1.54) is 16.6 Å². The smallest absolute Gasteiger partial charge is 0.180 e. The summed E-state index contributed by atoms with van der Waals surface area (Å²) in [5.41, 5.74) is 9.41. The summed E-state index contributed by atoms with van der Waals surface area (Å²) in [5, 5.41) is 8.74. The number of rotatable bonds is 8. The van der Waals surface area contributed by atoms with E-state index < -0.39 is 9.84 Å². The molecule has 0 unspecified atom stereocenters. The number of fused-ring (bicyclic) bond motifs is 1. The van der Waals surface area contributed by atoms with Gasteiger partial charge in [-0.15, -0.1) is 0 Å². The number of hydrogen-bond acceptors (Lipinski definition) is 8. The summed E-state index contributed by atoms with van der Waals surface area (Å²) in [7, 11) is -2.03. The van der Waals surface area contributed by atoms with Gasteiger partial charge in [0.25, 0.3) is 0 Å². The third-order valence-corrected chi connectivity index (χ3v) is 7.88. The molecule has 5 rings (SSSR count). The molecule has 1 fully saturated rings. The predicted molar refractivity (Wildman–Crippen MR) is 136 cm³/mol. The number of sulfone groups is 1. The van der Waals surface area contributed by atoms with Crippen molar-refractivity contribution in [2.45, 2.75) is 42.6 Å².